The fourth-order valence-electron chi connectivity index (χ4n) is 3.21. The molecule has 0 amide bonds. The van der Waals surface area contributed by atoms with Gasteiger partial charge in [-0.1, -0.05) is 0 Å². The van der Waals surface area contributed by atoms with E-state index in [9.17, 15) is 0 Å². The Balaban J connectivity index is 1.40. The first kappa shape index (κ1) is 14.6. The third kappa shape index (κ3) is 3.20. The van der Waals surface area contributed by atoms with E-state index in [4.69, 9.17) is 0 Å². The van der Waals surface area contributed by atoms with Gasteiger partial charge in [-0.05, 0) is 47.7 Å². The zero-order valence-corrected chi connectivity index (χ0v) is 13.7. The smallest absolute Gasteiger partial charge is 0.203 e. The van der Waals surface area contributed by atoms with Gasteiger partial charge in [0, 0.05) is 32.0 Å². The topological polar surface area (TPSA) is 58.4 Å². The van der Waals surface area contributed by atoms with Crippen molar-refractivity contribution in [3.05, 3.63) is 41.1 Å². The van der Waals surface area contributed by atoms with Gasteiger partial charge < -0.3 is 10.2 Å². The summed E-state index contributed by atoms with van der Waals surface area (Å²) in [5.74, 6) is 1.60. The van der Waals surface area contributed by atoms with Crippen LogP contribution in [0.2, 0.25) is 0 Å². The van der Waals surface area contributed by atoms with Crippen molar-refractivity contribution in [1.82, 2.24) is 24.9 Å². The van der Waals surface area contributed by atoms with Gasteiger partial charge in [-0.15, -0.1) is 10.2 Å². The molecule has 120 valence electrons. The highest BCUT2D eigenvalue weighted by atomic mass is 32.1. The summed E-state index contributed by atoms with van der Waals surface area (Å²) >= 11 is 1.75. The summed E-state index contributed by atoms with van der Waals surface area (Å²) in [6, 6.07) is 2.18. The number of anilines is 1. The standard InChI is InChI=1S/C16H20N6S/c1-2-13(8-17-9-14-3-7-23-11-14)10-21(5-1)15-16-20-19-12-22(16)6-4-18-15/h3-4,6-7,11-13,17H,1-2,5,8-10H2. The largest absolute Gasteiger partial charge is 0.353 e. The van der Waals surface area contributed by atoms with Crippen LogP contribution in [0.5, 0.6) is 0 Å². The third-order valence-electron chi connectivity index (χ3n) is 4.36. The maximum absolute atomic E-state index is 4.54. The van der Waals surface area contributed by atoms with Gasteiger partial charge in [0.2, 0.25) is 5.65 Å². The molecular formula is C16H20N6S. The average Bonchev–Trinajstić information content (AvgIpc) is 3.26. The first-order valence-electron chi connectivity index (χ1n) is 8.01. The molecule has 4 rings (SSSR count). The molecule has 1 saturated heterocycles. The lowest BCUT2D eigenvalue weighted by Crippen LogP contribution is -2.40. The molecule has 1 N–H and O–H groups in total. The highest BCUT2D eigenvalue weighted by Gasteiger charge is 2.22. The average molecular weight is 328 g/mol. The van der Waals surface area contributed by atoms with Crippen LogP contribution >= 0.6 is 11.3 Å². The Labute approximate surface area is 139 Å². The molecule has 23 heavy (non-hydrogen) atoms. The number of fused-ring (bicyclic) bond motifs is 1. The Kier molecular flexibility index (Phi) is 4.21. The number of nitrogens with one attached hydrogen (secondary N) is 1. The van der Waals surface area contributed by atoms with Gasteiger partial charge in [0.25, 0.3) is 0 Å². The lowest BCUT2D eigenvalue weighted by atomic mass is 9.98. The van der Waals surface area contributed by atoms with E-state index in [1.54, 1.807) is 17.7 Å². The number of thiophene rings is 1. The van der Waals surface area contributed by atoms with Gasteiger partial charge in [0.1, 0.15) is 6.33 Å². The molecule has 1 unspecified atom stereocenters. The van der Waals surface area contributed by atoms with Crippen LogP contribution in [0, 0.1) is 5.92 Å². The summed E-state index contributed by atoms with van der Waals surface area (Å²) in [6.07, 6.45) is 7.90. The summed E-state index contributed by atoms with van der Waals surface area (Å²) in [6.45, 7) is 4.07. The predicted octanol–water partition coefficient (Wildman–Crippen LogP) is 2.19. The molecule has 6 nitrogen and oxygen atoms in total. The van der Waals surface area contributed by atoms with Crippen molar-refractivity contribution in [1.29, 1.82) is 0 Å². The molecular weight excluding hydrogens is 308 g/mol. The summed E-state index contributed by atoms with van der Waals surface area (Å²) in [4.78, 5) is 6.89. The van der Waals surface area contributed by atoms with Crippen LogP contribution in [-0.4, -0.2) is 39.2 Å². The molecule has 0 spiro atoms. The Hall–Kier alpha value is -1.99. The quantitative estimate of drug-likeness (QED) is 0.778. The Morgan fingerprint density at radius 2 is 2.39 bits per heavy atom. The van der Waals surface area contributed by atoms with E-state index in [-0.39, 0.29) is 0 Å². The van der Waals surface area contributed by atoms with Gasteiger partial charge in [0.15, 0.2) is 5.82 Å². The summed E-state index contributed by atoms with van der Waals surface area (Å²) in [5, 5.41) is 16.1. The van der Waals surface area contributed by atoms with E-state index in [1.807, 2.05) is 16.8 Å². The first-order chi connectivity index (χ1) is 11.4. The molecule has 4 heterocycles. The molecule has 0 aliphatic carbocycles. The molecule has 3 aromatic heterocycles. The van der Waals surface area contributed by atoms with Gasteiger partial charge in [-0.3, -0.25) is 4.40 Å². The van der Waals surface area contributed by atoms with Crippen molar-refractivity contribution >= 4 is 22.8 Å². The SMILES string of the molecule is c1cn2cnnc2c(N2CCCC(CNCc3ccsc3)C2)n1. The minimum atomic E-state index is 0.646. The van der Waals surface area contributed by atoms with Gasteiger partial charge in [0.05, 0.1) is 0 Å². The van der Waals surface area contributed by atoms with E-state index < -0.39 is 0 Å². The molecule has 1 aliphatic heterocycles. The minimum absolute atomic E-state index is 0.646. The van der Waals surface area contributed by atoms with Gasteiger partial charge >= 0.3 is 0 Å². The van der Waals surface area contributed by atoms with E-state index in [0.717, 1.165) is 37.6 Å². The van der Waals surface area contributed by atoms with Gasteiger partial charge in [-0.2, -0.15) is 11.3 Å². The number of rotatable bonds is 5. The molecule has 1 aliphatic rings. The molecule has 3 aromatic rings. The van der Waals surface area contributed by atoms with Crippen LogP contribution in [0.4, 0.5) is 5.82 Å². The van der Waals surface area contributed by atoms with Crippen molar-refractivity contribution in [2.24, 2.45) is 5.92 Å². The molecule has 0 aromatic carbocycles. The fourth-order valence-corrected chi connectivity index (χ4v) is 3.87. The zero-order chi connectivity index (χ0) is 15.5. The van der Waals surface area contributed by atoms with Crippen molar-refractivity contribution in [2.45, 2.75) is 19.4 Å². The fraction of sp³-hybridized carbons (Fsp3) is 0.438. The third-order valence-corrected chi connectivity index (χ3v) is 5.09. The molecule has 0 radical (unpaired) electrons. The van der Waals surface area contributed by atoms with Crippen LogP contribution in [0.15, 0.2) is 35.5 Å². The zero-order valence-electron chi connectivity index (χ0n) is 12.9. The van der Waals surface area contributed by atoms with E-state index in [0.29, 0.717) is 5.92 Å². The summed E-state index contributed by atoms with van der Waals surface area (Å²) in [5.41, 5.74) is 2.22. The van der Waals surface area contributed by atoms with Crippen LogP contribution in [0.1, 0.15) is 18.4 Å². The van der Waals surface area contributed by atoms with E-state index >= 15 is 0 Å². The van der Waals surface area contributed by atoms with E-state index in [2.05, 4.69) is 42.2 Å². The number of piperidine rings is 1. The summed E-state index contributed by atoms with van der Waals surface area (Å²) in [7, 11) is 0. The highest BCUT2D eigenvalue weighted by Crippen LogP contribution is 2.23. The second-order valence-electron chi connectivity index (χ2n) is 6.03. The number of nitrogens with zero attached hydrogens (tertiary/aromatic N) is 5. The maximum Gasteiger partial charge on any atom is 0.203 e. The Morgan fingerprint density at radius 1 is 1.39 bits per heavy atom. The van der Waals surface area contributed by atoms with Crippen LogP contribution in [-0.2, 0) is 6.54 Å². The highest BCUT2D eigenvalue weighted by molar-refractivity contribution is 7.07. The molecule has 1 atom stereocenters. The van der Waals surface area contributed by atoms with Crippen molar-refractivity contribution in [2.75, 3.05) is 24.5 Å². The summed E-state index contributed by atoms with van der Waals surface area (Å²) < 4.78 is 1.93. The first-order valence-corrected chi connectivity index (χ1v) is 8.95. The van der Waals surface area contributed by atoms with Gasteiger partial charge in [-0.25, -0.2) is 4.98 Å². The van der Waals surface area contributed by atoms with Crippen LogP contribution in [0.25, 0.3) is 5.65 Å². The molecule has 1 fully saturated rings. The Morgan fingerprint density at radius 3 is 3.30 bits per heavy atom. The Bertz CT molecular complexity index is 753. The molecule has 0 saturated carbocycles. The van der Waals surface area contributed by atoms with Crippen LogP contribution in [0.3, 0.4) is 0 Å². The second kappa shape index (κ2) is 6.64. The normalized spacial score (nSPS) is 18.6. The van der Waals surface area contributed by atoms with Crippen molar-refractivity contribution in [3.8, 4) is 0 Å². The lowest BCUT2D eigenvalue weighted by molar-refractivity contribution is 0.390. The minimum Gasteiger partial charge on any atom is -0.353 e. The maximum atomic E-state index is 4.54. The predicted molar refractivity (Wildman–Crippen MR) is 91.7 cm³/mol. The lowest BCUT2D eigenvalue weighted by Gasteiger charge is -2.33. The number of aromatic nitrogens is 4. The molecule has 7 heteroatoms. The van der Waals surface area contributed by atoms with Crippen LogP contribution < -0.4 is 10.2 Å². The number of hydrogen-bond donors (Lipinski definition) is 1. The number of hydrogen-bond acceptors (Lipinski definition) is 6. The van der Waals surface area contributed by atoms with Crippen molar-refractivity contribution < 1.29 is 0 Å². The molecule has 0 bridgehead atoms. The second-order valence-corrected chi connectivity index (χ2v) is 6.81. The van der Waals surface area contributed by atoms with Crippen molar-refractivity contribution in [3.63, 3.8) is 0 Å². The monoisotopic (exact) mass is 328 g/mol. The van der Waals surface area contributed by atoms with E-state index in [1.165, 1.54) is 18.4 Å².